The fourth-order valence-corrected chi connectivity index (χ4v) is 2.00. The van der Waals surface area contributed by atoms with Crippen LogP contribution in [0, 0.1) is 0 Å². The van der Waals surface area contributed by atoms with Crippen LogP contribution in [0.25, 0.3) is 0 Å². The van der Waals surface area contributed by atoms with E-state index in [2.05, 4.69) is 20.4 Å². The van der Waals surface area contributed by atoms with E-state index >= 15 is 0 Å². The van der Waals surface area contributed by atoms with Crippen molar-refractivity contribution in [3.05, 3.63) is 36.0 Å². The van der Waals surface area contributed by atoms with E-state index in [1.54, 1.807) is 24.1 Å². The van der Waals surface area contributed by atoms with Crippen LogP contribution in [0.3, 0.4) is 0 Å². The predicted octanol–water partition coefficient (Wildman–Crippen LogP) is 1.32. The van der Waals surface area contributed by atoms with Crippen molar-refractivity contribution in [2.45, 2.75) is 26.4 Å². The van der Waals surface area contributed by atoms with Crippen molar-refractivity contribution in [1.82, 2.24) is 25.1 Å². The Morgan fingerprint density at radius 3 is 2.78 bits per heavy atom. The van der Waals surface area contributed by atoms with Crippen LogP contribution in [-0.4, -0.2) is 45.7 Å². The zero-order valence-corrected chi connectivity index (χ0v) is 12.9. The van der Waals surface area contributed by atoms with Gasteiger partial charge in [0.05, 0.1) is 12.1 Å². The number of anilines is 1. The maximum atomic E-state index is 12.5. The summed E-state index contributed by atoms with van der Waals surface area (Å²) in [6.45, 7) is 2.16. The van der Waals surface area contributed by atoms with Gasteiger partial charge in [-0.3, -0.25) is 4.79 Å². The Balaban J connectivity index is 2.05. The number of halogens is 2. The minimum Gasteiger partial charge on any atom is -0.352 e. The lowest BCUT2D eigenvalue weighted by molar-refractivity contribution is 0.0955. The Bertz CT molecular complexity index is 643. The van der Waals surface area contributed by atoms with E-state index in [0.717, 1.165) is 0 Å². The van der Waals surface area contributed by atoms with E-state index in [1.165, 1.54) is 17.2 Å². The standard InChI is InChI=1S/C14H18F2N6O/c1-3-17-14(23)10-4-5-12(18-6-10)21(2)8-13-19-9-20-22(13)7-11(15)16/h4-6,9,11H,3,7-8H2,1-2H3,(H,17,23). The molecule has 0 aliphatic heterocycles. The highest BCUT2D eigenvalue weighted by atomic mass is 19.3. The molecule has 0 radical (unpaired) electrons. The molecular formula is C14H18F2N6O. The molecule has 0 spiro atoms. The summed E-state index contributed by atoms with van der Waals surface area (Å²) in [5.74, 6) is 0.831. The predicted molar refractivity (Wildman–Crippen MR) is 80.4 cm³/mol. The fraction of sp³-hybridized carbons (Fsp3) is 0.429. The molecule has 9 heteroatoms. The van der Waals surface area contributed by atoms with E-state index in [-0.39, 0.29) is 12.5 Å². The summed E-state index contributed by atoms with van der Waals surface area (Å²) in [5.41, 5.74) is 0.463. The van der Waals surface area contributed by atoms with Gasteiger partial charge in [0.25, 0.3) is 12.3 Å². The Hall–Kier alpha value is -2.58. The lowest BCUT2D eigenvalue weighted by Gasteiger charge is -2.18. The van der Waals surface area contributed by atoms with Crippen LogP contribution in [0.1, 0.15) is 23.1 Å². The normalized spacial score (nSPS) is 10.8. The van der Waals surface area contributed by atoms with Crippen LogP contribution < -0.4 is 10.2 Å². The molecule has 2 heterocycles. The molecule has 124 valence electrons. The van der Waals surface area contributed by atoms with Crippen molar-refractivity contribution in [1.29, 1.82) is 0 Å². The van der Waals surface area contributed by atoms with Gasteiger partial charge in [-0.1, -0.05) is 0 Å². The number of nitrogens with zero attached hydrogens (tertiary/aromatic N) is 5. The average molecular weight is 324 g/mol. The monoisotopic (exact) mass is 324 g/mol. The van der Waals surface area contributed by atoms with Gasteiger partial charge in [-0.25, -0.2) is 23.4 Å². The van der Waals surface area contributed by atoms with Gasteiger partial charge in [-0.05, 0) is 19.1 Å². The molecule has 0 saturated carbocycles. The first-order chi connectivity index (χ1) is 11.0. The summed E-state index contributed by atoms with van der Waals surface area (Å²) in [4.78, 5) is 21.6. The summed E-state index contributed by atoms with van der Waals surface area (Å²) in [5, 5.41) is 6.47. The highest BCUT2D eigenvalue weighted by molar-refractivity contribution is 5.93. The smallest absolute Gasteiger partial charge is 0.257 e. The Morgan fingerprint density at radius 1 is 1.39 bits per heavy atom. The maximum Gasteiger partial charge on any atom is 0.257 e. The highest BCUT2D eigenvalue weighted by Crippen LogP contribution is 2.13. The van der Waals surface area contributed by atoms with Gasteiger partial charge in [0.1, 0.15) is 24.5 Å². The lowest BCUT2D eigenvalue weighted by Crippen LogP contribution is -2.24. The summed E-state index contributed by atoms with van der Waals surface area (Å²) in [6, 6.07) is 3.35. The van der Waals surface area contributed by atoms with E-state index in [4.69, 9.17) is 0 Å². The molecule has 0 saturated heterocycles. The second-order valence-corrected chi connectivity index (χ2v) is 4.87. The number of alkyl halides is 2. The zero-order valence-electron chi connectivity index (χ0n) is 12.9. The molecular weight excluding hydrogens is 306 g/mol. The van der Waals surface area contributed by atoms with Gasteiger partial charge in [0.15, 0.2) is 0 Å². The molecule has 2 aromatic heterocycles. The van der Waals surface area contributed by atoms with Crippen LogP contribution in [0.15, 0.2) is 24.7 Å². The van der Waals surface area contributed by atoms with Crippen LogP contribution in [-0.2, 0) is 13.1 Å². The first kappa shape index (κ1) is 16.8. The lowest BCUT2D eigenvalue weighted by atomic mass is 10.2. The molecule has 2 aromatic rings. The quantitative estimate of drug-likeness (QED) is 0.831. The first-order valence-corrected chi connectivity index (χ1v) is 7.11. The van der Waals surface area contributed by atoms with Crippen molar-refractivity contribution in [3.8, 4) is 0 Å². The molecule has 23 heavy (non-hydrogen) atoms. The molecule has 0 unspecified atom stereocenters. The van der Waals surface area contributed by atoms with Crippen molar-refractivity contribution in [3.63, 3.8) is 0 Å². The molecule has 0 aromatic carbocycles. The molecule has 1 N–H and O–H groups in total. The van der Waals surface area contributed by atoms with Gasteiger partial charge in [0.2, 0.25) is 0 Å². The number of carbonyl (C=O) groups excluding carboxylic acids is 1. The van der Waals surface area contributed by atoms with Crippen molar-refractivity contribution >= 4 is 11.7 Å². The van der Waals surface area contributed by atoms with Gasteiger partial charge in [-0.15, -0.1) is 0 Å². The second-order valence-electron chi connectivity index (χ2n) is 4.87. The van der Waals surface area contributed by atoms with Gasteiger partial charge < -0.3 is 10.2 Å². The largest absolute Gasteiger partial charge is 0.352 e. The van der Waals surface area contributed by atoms with Crippen LogP contribution in [0.2, 0.25) is 0 Å². The second kappa shape index (κ2) is 7.61. The molecule has 7 nitrogen and oxygen atoms in total. The molecule has 1 amide bonds. The summed E-state index contributed by atoms with van der Waals surface area (Å²) < 4.78 is 26.1. The minimum atomic E-state index is -2.49. The van der Waals surface area contributed by atoms with E-state index in [9.17, 15) is 13.6 Å². The molecule has 0 aliphatic carbocycles. The van der Waals surface area contributed by atoms with Crippen LogP contribution >= 0.6 is 0 Å². The molecule has 0 fully saturated rings. The third-order valence-electron chi connectivity index (χ3n) is 3.12. The average Bonchev–Trinajstić information content (AvgIpc) is 2.94. The van der Waals surface area contributed by atoms with Crippen LogP contribution in [0.5, 0.6) is 0 Å². The number of amides is 1. The molecule has 0 atom stereocenters. The van der Waals surface area contributed by atoms with Gasteiger partial charge in [0, 0.05) is 19.8 Å². The number of aromatic nitrogens is 4. The Morgan fingerprint density at radius 2 is 2.17 bits per heavy atom. The topological polar surface area (TPSA) is 75.9 Å². The van der Waals surface area contributed by atoms with Crippen molar-refractivity contribution in [2.24, 2.45) is 0 Å². The zero-order chi connectivity index (χ0) is 16.8. The minimum absolute atomic E-state index is 0.189. The highest BCUT2D eigenvalue weighted by Gasteiger charge is 2.13. The molecule has 2 rings (SSSR count). The third-order valence-corrected chi connectivity index (χ3v) is 3.12. The maximum absolute atomic E-state index is 12.5. The number of nitrogens with one attached hydrogen (secondary N) is 1. The summed E-state index contributed by atoms with van der Waals surface area (Å²) in [6.07, 6.45) is 0.230. The van der Waals surface area contributed by atoms with Gasteiger partial charge in [-0.2, -0.15) is 5.10 Å². The van der Waals surface area contributed by atoms with Crippen molar-refractivity contribution < 1.29 is 13.6 Å². The first-order valence-electron chi connectivity index (χ1n) is 7.11. The molecule has 0 aliphatic rings. The van der Waals surface area contributed by atoms with Gasteiger partial charge >= 0.3 is 0 Å². The molecule has 0 bridgehead atoms. The SMILES string of the molecule is CCNC(=O)c1ccc(N(C)Cc2ncnn2CC(F)F)nc1. The van der Waals surface area contributed by atoms with E-state index in [0.29, 0.717) is 23.8 Å². The van der Waals surface area contributed by atoms with Crippen molar-refractivity contribution in [2.75, 3.05) is 18.5 Å². The van der Waals surface area contributed by atoms with Crippen LogP contribution in [0.4, 0.5) is 14.6 Å². The number of hydrogen-bond acceptors (Lipinski definition) is 5. The number of hydrogen-bond donors (Lipinski definition) is 1. The fourth-order valence-electron chi connectivity index (χ4n) is 2.00. The van der Waals surface area contributed by atoms with E-state index < -0.39 is 13.0 Å². The Labute approximate surface area is 132 Å². The summed E-state index contributed by atoms with van der Waals surface area (Å²) >= 11 is 0. The van der Waals surface area contributed by atoms with E-state index in [1.807, 2.05) is 6.92 Å². The number of carbonyl (C=O) groups is 1. The number of rotatable bonds is 7. The Kier molecular flexibility index (Phi) is 5.56. The third kappa shape index (κ3) is 4.44. The summed E-state index contributed by atoms with van der Waals surface area (Å²) in [7, 11) is 1.76. The number of pyridine rings is 1.